The van der Waals surface area contributed by atoms with Gasteiger partial charge in [0, 0.05) is 31.2 Å². The molecule has 0 spiro atoms. The number of carbonyl (C=O) groups excluding carboxylic acids is 1. The molecule has 3 rings (SSSR count). The summed E-state index contributed by atoms with van der Waals surface area (Å²) in [5.74, 6) is 1.38. The molecule has 1 saturated heterocycles. The average Bonchev–Trinajstić information content (AvgIpc) is 2.72. The predicted molar refractivity (Wildman–Crippen MR) is 111 cm³/mol. The maximum Gasteiger partial charge on any atom is 0.251 e. The van der Waals surface area contributed by atoms with Crippen molar-refractivity contribution >= 4 is 17.5 Å². The molecule has 0 aromatic heterocycles. The number of benzene rings is 2. The highest BCUT2D eigenvalue weighted by Crippen LogP contribution is 2.26. The molecule has 0 radical (unpaired) electrons. The molecule has 0 unspecified atom stereocenters. The van der Waals surface area contributed by atoms with Crippen molar-refractivity contribution in [2.45, 2.75) is 32.4 Å². The molecule has 150 valence electrons. The molecule has 2 aromatic carbocycles. The van der Waals surface area contributed by atoms with Gasteiger partial charge in [-0.1, -0.05) is 23.7 Å². The second-order valence-corrected chi connectivity index (χ2v) is 7.36. The quantitative estimate of drug-likeness (QED) is 0.756. The number of ether oxygens (including phenoxy) is 2. The SMILES string of the molecule is CCOc1cc(CN2CCC(NC(=O)c3cccc(OC)c3)CC2)ccc1Cl. The van der Waals surface area contributed by atoms with Crippen LogP contribution >= 0.6 is 11.6 Å². The second-order valence-electron chi connectivity index (χ2n) is 6.95. The first-order chi connectivity index (χ1) is 13.6. The Morgan fingerprint density at radius 3 is 2.71 bits per heavy atom. The summed E-state index contributed by atoms with van der Waals surface area (Å²) in [4.78, 5) is 14.9. The zero-order valence-corrected chi connectivity index (χ0v) is 17.2. The highest BCUT2D eigenvalue weighted by molar-refractivity contribution is 6.32. The minimum atomic E-state index is -0.0450. The fourth-order valence-corrected chi connectivity index (χ4v) is 3.61. The van der Waals surface area contributed by atoms with Gasteiger partial charge in [0.2, 0.25) is 0 Å². The standard InChI is InChI=1S/C22H27ClN2O3/c1-3-28-21-13-16(7-8-20(21)23)15-25-11-9-18(10-12-25)24-22(26)17-5-4-6-19(14-17)27-2/h4-8,13-14,18H,3,9-12,15H2,1-2H3,(H,24,26). The molecule has 0 atom stereocenters. The van der Waals surface area contributed by atoms with Crippen LogP contribution in [0.15, 0.2) is 42.5 Å². The number of halogens is 1. The lowest BCUT2D eigenvalue weighted by molar-refractivity contribution is 0.0908. The van der Waals surface area contributed by atoms with Crippen LogP contribution in [0.5, 0.6) is 11.5 Å². The smallest absolute Gasteiger partial charge is 0.251 e. The molecule has 1 heterocycles. The van der Waals surface area contributed by atoms with Crippen LogP contribution in [-0.2, 0) is 6.54 Å². The van der Waals surface area contributed by atoms with E-state index < -0.39 is 0 Å². The Bertz CT molecular complexity index is 804. The van der Waals surface area contributed by atoms with E-state index in [1.165, 1.54) is 5.56 Å². The van der Waals surface area contributed by atoms with Gasteiger partial charge < -0.3 is 14.8 Å². The Morgan fingerprint density at radius 1 is 1.21 bits per heavy atom. The number of carbonyl (C=O) groups is 1. The van der Waals surface area contributed by atoms with Gasteiger partial charge in [0.25, 0.3) is 5.91 Å². The Labute approximate surface area is 171 Å². The summed E-state index contributed by atoms with van der Waals surface area (Å²) in [6.07, 6.45) is 1.86. The lowest BCUT2D eigenvalue weighted by Gasteiger charge is -2.32. The molecule has 5 nitrogen and oxygen atoms in total. The second kappa shape index (κ2) is 9.80. The molecule has 1 fully saturated rings. The van der Waals surface area contributed by atoms with Gasteiger partial charge in [0.15, 0.2) is 0 Å². The Balaban J connectivity index is 1.50. The van der Waals surface area contributed by atoms with Gasteiger partial charge in [0.1, 0.15) is 11.5 Å². The molecule has 2 aromatic rings. The molecule has 1 N–H and O–H groups in total. The van der Waals surface area contributed by atoms with Crippen molar-refractivity contribution in [2.75, 3.05) is 26.8 Å². The molecule has 6 heteroatoms. The van der Waals surface area contributed by atoms with Crippen LogP contribution in [0.3, 0.4) is 0 Å². The van der Waals surface area contributed by atoms with Crippen LogP contribution < -0.4 is 14.8 Å². The fourth-order valence-electron chi connectivity index (χ4n) is 3.44. The molecular formula is C22H27ClN2O3. The van der Waals surface area contributed by atoms with Crippen LogP contribution in [0, 0.1) is 0 Å². The number of methoxy groups -OCH3 is 1. The predicted octanol–water partition coefficient (Wildman–Crippen LogP) is 4.14. The number of piperidine rings is 1. The first-order valence-electron chi connectivity index (χ1n) is 9.67. The van der Waals surface area contributed by atoms with Crippen LogP contribution in [-0.4, -0.2) is 43.7 Å². The summed E-state index contributed by atoms with van der Waals surface area (Å²) in [6.45, 7) is 5.29. The van der Waals surface area contributed by atoms with Crippen molar-refractivity contribution in [2.24, 2.45) is 0 Å². The van der Waals surface area contributed by atoms with Crippen molar-refractivity contribution in [1.82, 2.24) is 10.2 Å². The maximum atomic E-state index is 12.5. The number of hydrogen-bond donors (Lipinski definition) is 1. The zero-order chi connectivity index (χ0) is 19.9. The van der Waals surface area contributed by atoms with E-state index in [-0.39, 0.29) is 11.9 Å². The summed E-state index contributed by atoms with van der Waals surface area (Å²) < 4.78 is 10.8. The largest absolute Gasteiger partial charge is 0.497 e. The summed E-state index contributed by atoms with van der Waals surface area (Å²) >= 11 is 6.17. The van der Waals surface area contributed by atoms with Gasteiger partial charge in [-0.2, -0.15) is 0 Å². The number of nitrogens with zero attached hydrogens (tertiary/aromatic N) is 1. The van der Waals surface area contributed by atoms with Crippen molar-refractivity contribution in [3.8, 4) is 11.5 Å². The van der Waals surface area contributed by atoms with E-state index in [1.54, 1.807) is 13.2 Å². The van der Waals surface area contributed by atoms with E-state index in [2.05, 4.69) is 10.2 Å². The fraction of sp³-hybridized carbons (Fsp3) is 0.409. The molecule has 1 amide bonds. The summed E-state index contributed by atoms with van der Waals surface area (Å²) in [6, 6.07) is 13.4. The summed E-state index contributed by atoms with van der Waals surface area (Å²) in [5, 5.41) is 3.79. The first-order valence-corrected chi connectivity index (χ1v) is 10.1. The van der Waals surface area contributed by atoms with Crippen molar-refractivity contribution in [1.29, 1.82) is 0 Å². The van der Waals surface area contributed by atoms with Crippen LogP contribution in [0.4, 0.5) is 0 Å². The van der Waals surface area contributed by atoms with Crippen molar-refractivity contribution in [3.05, 3.63) is 58.6 Å². The third-order valence-corrected chi connectivity index (χ3v) is 5.27. The normalized spacial score (nSPS) is 15.2. The van der Waals surface area contributed by atoms with Crippen molar-refractivity contribution < 1.29 is 14.3 Å². The Kier molecular flexibility index (Phi) is 7.18. The minimum absolute atomic E-state index is 0.0450. The molecular weight excluding hydrogens is 376 g/mol. The van der Waals surface area contributed by atoms with Gasteiger partial charge in [-0.25, -0.2) is 0 Å². The lowest BCUT2D eigenvalue weighted by atomic mass is 10.0. The van der Waals surface area contributed by atoms with Gasteiger partial charge >= 0.3 is 0 Å². The van der Waals surface area contributed by atoms with Crippen LogP contribution in [0.2, 0.25) is 5.02 Å². The average molecular weight is 403 g/mol. The van der Waals surface area contributed by atoms with E-state index in [0.717, 1.165) is 38.2 Å². The highest BCUT2D eigenvalue weighted by atomic mass is 35.5. The number of rotatable bonds is 7. The molecule has 0 bridgehead atoms. The number of nitrogens with one attached hydrogen (secondary N) is 1. The number of likely N-dealkylation sites (tertiary alicyclic amines) is 1. The van der Waals surface area contributed by atoms with Gasteiger partial charge in [0.05, 0.1) is 18.7 Å². The third-order valence-electron chi connectivity index (χ3n) is 4.96. The number of hydrogen-bond acceptors (Lipinski definition) is 4. The van der Waals surface area contributed by atoms with Gasteiger partial charge in [-0.3, -0.25) is 9.69 Å². The van der Waals surface area contributed by atoms with Crippen LogP contribution in [0.1, 0.15) is 35.7 Å². The van der Waals surface area contributed by atoms with Crippen molar-refractivity contribution in [3.63, 3.8) is 0 Å². The number of amides is 1. The first kappa shape index (κ1) is 20.5. The lowest BCUT2D eigenvalue weighted by Crippen LogP contribution is -2.44. The van der Waals surface area contributed by atoms with E-state index >= 15 is 0 Å². The van der Waals surface area contributed by atoms with E-state index in [9.17, 15) is 4.79 Å². The molecule has 0 saturated carbocycles. The molecule has 28 heavy (non-hydrogen) atoms. The van der Waals surface area contributed by atoms with E-state index in [4.69, 9.17) is 21.1 Å². The molecule has 0 aliphatic carbocycles. The van der Waals surface area contributed by atoms with Gasteiger partial charge in [-0.15, -0.1) is 0 Å². The monoisotopic (exact) mass is 402 g/mol. The Morgan fingerprint density at radius 2 is 2.00 bits per heavy atom. The Hall–Kier alpha value is -2.24. The molecule has 1 aliphatic heterocycles. The van der Waals surface area contributed by atoms with Gasteiger partial charge in [-0.05, 0) is 55.7 Å². The molecule has 1 aliphatic rings. The minimum Gasteiger partial charge on any atom is -0.497 e. The highest BCUT2D eigenvalue weighted by Gasteiger charge is 2.21. The van der Waals surface area contributed by atoms with Crippen LogP contribution in [0.25, 0.3) is 0 Å². The van der Waals surface area contributed by atoms with E-state index in [1.807, 2.05) is 43.3 Å². The third kappa shape index (κ3) is 5.40. The summed E-state index contributed by atoms with van der Waals surface area (Å²) in [5.41, 5.74) is 1.82. The zero-order valence-electron chi connectivity index (χ0n) is 16.4. The summed E-state index contributed by atoms with van der Waals surface area (Å²) in [7, 11) is 1.60. The topological polar surface area (TPSA) is 50.8 Å². The maximum absolute atomic E-state index is 12.5. The van der Waals surface area contributed by atoms with E-state index in [0.29, 0.717) is 22.9 Å².